The third kappa shape index (κ3) is 3.64. The number of hydrogen-bond donors (Lipinski definition) is 1. The molecule has 0 bridgehead atoms. The van der Waals surface area contributed by atoms with E-state index in [1.165, 1.54) is 0 Å². The zero-order chi connectivity index (χ0) is 13.2. The second-order valence-electron chi connectivity index (χ2n) is 2.79. The van der Waals surface area contributed by atoms with Crippen LogP contribution in [0.5, 0.6) is 0 Å². The summed E-state index contributed by atoms with van der Waals surface area (Å²) in [4.78, 5) is 10.2. The molecule has 3 nitrogen and oxygen atoms in total. The van der Waals surface area contributed by atoms with Crippen molar-refractivity contribution in [3.8, 4) is 6.07 Å². The average Bonchev–Trinajstić information content (AvgIpc) is 2.17. The van der Waals surface area contributed by atoms with Gasteiger partial charge in [0.1, 0.15) is 6.07 Å². The molecule has 0 aliphatic heterocycles. The van der Waals surface area contributed by atoms with Crippen molar-refractivity contribution in [2.75, 3.05) is 0 Å². The SMILES string of the molecule is N#Cc1cc(Br)cc(C(=O)O)c1SC(F)(F)F. The Balaban J connectivity index is 3.44. The quantitative estimate of drug-likeness (QED) is 0.843. The van der Waals surface area contributed by atoms with E-state index >= 15 is 0 Å². The summed E-state index contributed by atoms with van der Waals surface area (Å²) in [6.07, 6.45) is 0. The van der Waals surface area contributed by atoms with Crippen molar-refractivity contribution in [2.45, 2.75) is 10.4 Å². The van der Waals surface area contributed by atoms with Gasteiger partial charge in [0.05, 0.1) is 11.1 Å². The van der Waals surface area contributed by atoms with Crippen LogP contribution in [0, 0.1) is 11.3 Å². The molecule has 0 saturated heterocycles. The number of halogens is 4. The molecule has 0 saturated carbocycles. The summed E-state index contributed by atoms with van der Waals surface area (Å²) in [6.45, 7) is 0. The molecule has 1 rings (SSSR count). The highest BCUT2D eigenvalue weighted by atomic mass is 79.9. The van der Waals surface area contributed by atoms with Crippen LogP contribution < -0.4 is 0 Å². The third-order valence-electron chi connectivity index (χ3n) is 1.62. The number of carbonyl (C=O) groups is 1. The van der Waals surface area contributed by atoms with Gasteiger partial charge in [-0.05, 0) is 23.9 Å². The molecule has 17 heavy (non-hydrogen) atoms. The van der Waals surface area contributed by atoms with Gasteiger partial charge in [-0.1, -0.05) is 15.9 Å². The zero-order valence-electron chi connectivity index (χ0n) is 7.88. The molecular formula is C9H3BrF3NO2S. The Morgan fingerprint density at radius 1 is 1.47 bits per heavy atom. The van der Waals surface area contributed by atoms with E-state index in [2.05, 4.69) is 15.9 Å². The molecule has 1 aromatic rings. The van der Waals surface area contributed by atoms with Crippen molar-refractivity contribution in [2.24, 2.45) is 0 Å². The summed E-state index contributed by atoms with van der Waals surface area (Å²) in [5.41, 5.74) is -5.54. The first kappa shape index (κ1) is 13.9. The molecular weight excluding hydrogens is 323 g/mol. The Morgan fingerprint density at radius 3 is 2.47 bits per heavy atom. The molecule has 0 fully saturated rings. The number of alkyl halides is 3. The fourth-order valence-corrected chi connectivity index (χ4v) is 2.22. The number of benzene rings is 1. The van der Waals surface area contributed by atoms with Crippen molar-refractivity contribution in [3.63, 3.8) is 0 Å². The molecule has 0 aromatic heterocycles. The molecule has 1 N–H and O–H groups in total. The predicted octanol–water partition coefficient (Wildman–Crippen LogP) is 3.63. The van der Waals surface area contributed by atoms with Crippen LogP contribution in [-0.4, -0.2) is 16.6 Å². The van der Waals surface area contributed by atoms with Crippen LogP contribution in [0.15, 0.2) is 21.5 Å². The number of carboxylic acid groups (broad SMARTS) is 1. The number of hydrogen-bond acceptors (Lipinski definition) is 3. The lowest BCUT2D eigenvalue weighted by Gasteiger charge is -2.10. The van der Waals surface area contributed by atoms with Crippen molar-refractivity contribution in [3.05, 3.63) is 27.7 Å². The summed E-state index contributed by atoms with van der Waals surface area (Å²) >= 11 is 2.32. The van der Waals surface area contributed by atoms with Gasteiger partial charge in [-0.15, -0.1) is 0 Å². The van der Waals surface area contributed by atoms with E-state index < -0.39 is 33.7 Å². The predicted molar refractivity (Wildman–Crippen MR) is 57.7 cm³/mol. The van der Waals surface area contributed by atoms with E-state index in [1.54, 1.807) is 6.07 Å². The third-order valence-corrected chi connectivity index (χ3v) is 2.96. The van der Waals surface area contributed by atoms with Crippen LogP contribution in [-0.2, 0) is 0 Å². The second kappa shape index (κ2) is 4.98. The lowest BCUT2D eigenvalue weighted by Crippen LogP contribution is -2.06. The van der Waals surface area contributed by atoms with Crippen LogP contribution in [0.25, 0.3) is 0 Å². The molecule has 0 spiro atoms. The number of nitrogens with zero attached hydrogens (tertiary/aromatic N) is 1. The summed E-state index contributed by atoms with van der Waals surface area (Å²) in [5, 5.41) is 17.5. The minimum Gasteiger partial charge on any atom is -0.478 e. The number of rotatable bonds is 2. The maximum absolute atomic E-state index is 12.3. The zero-order valence-corrected chi connectivity index (χ0v) is 10.3. The van der Waals surface area contributed by atoms with Gasteiger partial charge in [0.2, 0.25) is 0 Å². The molecule has 0 amide bonds. The Kier molecular flexibility index (Phi) is 4.06. The van der Waals surface area contributed by atoms with Crippen molar-refractivity contribution >= 4 is 33.7 Å². The molecule has 0 aliphatic carbocycles. The maximum Gasteiger partial charge on any atom is 0.446 e. The van der Waals surface area contributed by atoms with Crippen molar-refractivity contribution in [1.29, 1.82) is 5.26 Å². The minimum absolute atomic E-state index is 0.234. The Labute approximate surface area is 106 Å². The van der Waals surface area contributed by atoms with Gasteiger partial charge in [-0.2, -0.15) is 18.4 Å². The average molecular weight is 326 g/mol. The highest BCUT2D eigenvalue weighted by molar-refractivity contribution is 9.10. The van der Waals surface area contributed by atoms with E-state index in [9.17, 15) is 18.0 Å². The number of carboxylic acids is 1. The first-order chi connectivity index (χ1) is 7.74. The fourth-order valence-electron chi connectivity index (χ4n) is 1.06. The molecule has 8 heteroatoms. The first-order valence-electron chi connectivity index (χ1n) is 3.97. The van der Waals surface area contributed by atoms with Crippen LogP contribution in [0.2, 0.25) is 0 Å². The normalized spacial score (nSPS) is 11.0. The lowest BCUT2D eigenvalue weighted by atomic mass is 10.1. The van der Waals surface area contributed by atoms with Gasteiger partial charge in [0.25, 0.3) is 0 Å². The standard InChI is InChI=1S/C9H3BrF3NO2S/c10-5-1-4(3-14)7(17-9(11,12)13)6(2-5)8(15)16/h1-2H,(H,15,16). The van der Waals surface area contributed by atoms with E-state index in [0.717, 1.165) is 12.1 Å². The second-order valence-corrected chi connectivity index (χ2v) is 4.79. The Hall–Kier alpha value is -1.20. The molecule has 1 aromatic carbocycles. The van der Waals surface area contributed by atoms with E-state index in [0.29, 0.717) is 0 Å². The van der Waals surface area contributed by atoms with Gasteiger partial charge in [-0.25, -0.2) is 4.79 Å². The van der Waals surface area contributed by atoms with Gasteiger partial charge in [-0.3, -0.25) is 0 Å². The van der Waals surface area contributed by atoms with Crippen LogP contribution in [0.3, 0.4) is 0 Å². The van der Waals surface area contributed by atoms with Crippen molar-refractivity contribution < 1.29 is 23.1 Å². The molecule has 0 atom stereocenters. The molecule has 0 heterocycles. The van der Waals surface area contributed by atoms with Gasteiger partial charge in [0, 0.05) is 9.37 Å². The van der Waals surface area contributed by atoms with Crippen LogP contribution >= 0.6 is 27.7 Å². The highest BCUT2D eigenvalue weighted by Crippen LogP contribution is 2.41. The Morgan fingerprint density at radius 2 is 2.06 bits per heavy atom. The van der Waals surface area contributed by atoms with Gasteiger partial charge >= 0.3 is 11.5 Å². The van der Waals surface area contributed by atoms with Crippen molar-refractivity contribution in [1.82, 2.24) is 0 Å². The van der Waals surface area contributed by atoms with Gasteiger partial charge < -0.3 is 5.11 Å². The van der Waals surface area contributed by atoms with Crippen LogP contribution in [0.4, 0.5) is 13.2 Å². The lowest BCUT2D eigenvalue weighted by molar-refractivity contribution is -0.0328. The largest absolute Gasteiger partial charge is 0.478 e. The fraction of sp³-hybridized carbons (Fsp3) is 0.111. The Bertz CT molecular complexity index is 510. The van der Waals surface area contributed by atoms with E-state index in [-0.39, 0.29) is 10.0 Å². The van der Waals surface area contributed by atoms with Crippen LogP contribution in [0.1, 0.15) is 15.9 Å². The highest BCUT2D eigenvalue weighted by Gasteiger charge is 2.33. The monoisotopic (exact) mass is 325 g/mol. The first-order valence-corrected chi connectivity index (χ1v) is 5.58. The number of thioether (sulfide) groups is 1. The molecule has 0 radical (unpaired) electrons. The van der Waals surface area contributed by atoms with E-state index in [4.69, 9.17) is 10.4 Å². The van der Waals surface area contributed by atoms with E-state index in [1.807, 2.05) is 0 Å². The van der Waals surface area contributed by atoms with Gasteiger partial charge in [0.15, 0.2) is 0 Å². The summed E-state index contributed by atoms with van der Waals surface area (Å²) in [6, 6.07) is 3.70. The number of nitriles is 1. The molecule has 0 unspecified atom stereocenters. The summed E-state index contributed by atoms with van der Waals surface area (Å²) < 4.78 is 37.0. The molecule has 90 valence electrons. The topological polar surface area (TPSA) is 61.1 Å². The maximum atomic E-state index is 12.3. The summed E-state index contributed by atoms with van der Waals surface area (Å²) in [5.74, 6) is -1.52. The summed E-state index contributed by atoms with van der Waals surface area (Å²) in [7, 11) is 0. The smallest absolute Gasteiger partial charge is 0.446 e. The molecule has 0 aliphatic rings. The number of aromatic carboxylic acids is 1. The minimum atomic E-state index is -4.65.